The van der Waals surface area contributed by atoms with E-state index >= 15 is 0 Å². The van der Waals surface area contributed by atoms with E-state index in [-0.39, 0.29) is 0 Å². The molecular weight excluding hydrogens is 178 g/mol. The van der Waals surface area contributed by atoms with E-state index in [1.54, 1.807) is 6.20 Å². The minimum Gasteiger partial charge on any atom is -0.396 e. The first-order chi connectivity index (χ1) is 6.93. The topological polar surface area (TPSA) is 58.0 Å². The molecule has 0 spiro atoms. The van der Waals surface area contributed by atoms with Gasteiger partial charge in [-0.2, -0.15) is 0 Å². The van der Waals surface area contributed by atoms with Gasteiger partial charge in [0.15, 0.2) is 0 Å². The maximum atomic E-state index is 8.57. The highest BCUT2D eigenvalue weighted by Gasteiger charge is 1.91. The Morgan fingerprint density at radius 3 is 2.79 bits per heavy atom. The summed E-state index contributed by atoms with van der Waals surface area (Å²) in [7, 11) is 0. The minimum absolute atomic E-state index is 0.305. The van der Waals surface area contributed by atoms with Crippen molar-refractivity contribution in [1.29, 1.82) is 0 Å². The Morgan fingerprint density at radius 2 is 2.07 bits per heavy atom. The first kappa shape index (κ1) is 10.9. The summed E-state index contributed by atoms with van der Waals surface area (Å²) in [6, 6.07) is 1.85. The molecule has 0 atom stereocenters. The molecule has 4 heteroatoms. The minimum atomic E-state index is 0.305. The standard InChI is InChI=1S/C10H17N3O/c14-8-4-2-1-3-6-12-10-5-7-11-9-13-10/h5,7,9,14H,1-4,6,8H2,(H,11,12,13). The lowest BCUT2D eigenvalue weighted by Crippen LogP contribution is -2.03. The first-order valence-corrected chi connectivity index (χ1v) is 5.04. The Balaban J connectivity index is 1.99. The maximum Gasteiger partial charge on any atom is 0.129 e. The summed E-state index contributed by atoms with van der Waals surface area (Å²) < 4.78 is 0. The van der Waals surface area contributed by atoms with Gasteiger partial charge in [-0.1, -0.05) is 12.8 Å². The van der Waals surface area contributed by atoms with Gasteiger partial charge in [-0.25, -0.2) is 9.97 Å². The number of nitrogens with zero attached hydrogens (tertiary/aromatic N) is 2. The Labute approximate surface area is 84.4 Å². The molecule has 1 aromatic rings. The van der Waals surface area contributed by atoms with Crippen molar-refractivity contribution >= 4 is 5.82 Å². The molecule has 14 heavy (non-hydrogen) atoms. The highest BCUT2D eigenvalue weighted by molar-refractivity contribution is 5.30. The lowest BCUT2D eigenvalue weighted by atomic mass is 10.2. The second kappa shape index (κ2) is 7.26. The second-order valence-corrected chi connectivity index (χ2v) is 3.16. The second-order valence-electron chi connectivity index (χ2n) is 3.16. The van der Waals surface area contributed by atoms with Crippen LogP contribution in [0.5, 0.6) is 0 Å². The van der Waals surface area contributed by atoms with Gasteiger partial charge < -0.3 is 10.4 Å². The zero-order valence-electron chi connectivity index (χ0n) is 8.32. The van der Waals surface area contributed by atoms with Gasteiger partial charge in [-0.05, 0) is 18.9 Å². The molecule has 0 aliphatic heterocycles. The van der Waals surface area contributed by atoms with Crippen LogP contribution in [0.15, 0.2) is 18.6 Å². The van der Waals surface area contributed by atoms with Gasteiger partial charge in [0.2, 0.25) is 0 Å². The molecule has 0 saturated heterocycles. The van der Waals surface area contributed by atoms with Crippen molar-refractivity contribution in [1.82, 2.24) is 9.97 Å². The molecule has 0 amide bonds. The summed E-state index contributed by atoms with van der Waals surface area (Å²) in [4.78, 5) is 7.89. The molecule has 0 fully saturated rings. The van der Waals surface area contributed by atoms with Crippen molar-refractivity contribution in [3.8, 4) is 0 Å². The molecule has 0 aliphatic carbocycles. The highest BCUT2D eigenvalue weighted by Crippen LogP contribution is 2.01. The third-order valence-electron chi connectivity index (χ3n) is 1.97. The van der Waals surface area contributed by atoms with Crippen LogP contribution in [0.1, 0.15) is 25.7 Å². The highest BCUT2D eigenvalue weighted by atomic mass is 16.2. The molecule has 0 bridgehead atoms. The van der Waals surface area contributed by atoms with Crippen LogP contribution in [0, 0.1) is 0 Å². The number of anilines is 1. The average molecular weight is 195 g/mol. The maximum absolute atomic E-state index is 8.57. The molecule has 1 heterocycles. The summed E-state index contributed by atoms with van der Waals surface area (Å²) in [6.45, 7) is 1.24. The van der Waals surface area contributed by atoms with Gasteiger partial charge in [0.1, 0.15) is 12.1 Å². The van der Waals surface area contributed by atoms with Crippen molar-refractivity contribution in [2.24, 2.45) is 0 Å². The average Bonchev–Trinajstić information content (AvgIpc) is 2.25. The lowest BCUT2D eigenvalue weighted by molar-refractivity contribution is 0.283. The molecule has 4 nitrogen and oxygen atoms in total. The van der Waals surface area contributed by atoms with Crippen LogP contribution >= 0.6 is 0 Å². The van der Waals surface area contributed by atoms with Gasteiger partial charge in [-0.15, -0.1) is 0 Å². The van der Waals surface area contributed by atoms with E-state index in [4.69, 9.17) is 5.11 Å². The third kappa shape index (κ3) is 4.77. The Bertz CT molecular complexity index is 228. The largest absolute Gasteiger partial charge is 0.396 e. The first-order valence-electron chi connectivity index (χ1n) is 5.04. The van der Waals surface area contributed by atoms with Crippen molar-refractivity contribution in [2.45, 2.75) is 25.7 Å². The van der Waals surface area contributed by atoms with E-state index in [0.717, 1.165) is 38.0 Å². The van der Waals surface area contributed by atoms with Crippen molar-refractivity contribution in [3.05, 3.63) is 18.6 Å². The summed E-state index contributed by atoms with van der Waals surface area (Å²) >= 11 is 0. The number of rotatable bonds is 7. The third-order valence-corrected chi connectivity index (χ3v) is 1.97. The van der Waals surface area contributed by atoms with E-state index in [1.807, 2.05) is 6.07 Å². The molecule has 0 radical (unpaired) electrons. The van der Waals surface area contributed by atoms with Crippen LogP contribution < -0.4 is 5.32 Å². The van der Waals surface area contributed by atoms with Gasteiger partial charge in [-0.3, -0.25) is 0 Å². The number of aliphatic hydroxyl groups is 1. The van der Waals surface area contributed by atoms with Crippen LogP contribution in [-0.2, 0) is 0 Å². The van der Waals surface area contributed by atoms with E-state index in [1.165, 1.54) is 6.33 Å². The molecular formula is C10H17N3O. The van der Waals surface area contributed by atoms with Gasteiger partial charge in [0.05, 0.1) is 0 Å². The lowest BCUT2D eigenvalue weighted by Gasteiger charge is -2.03. The number of aromatic nitrogens is 2. The summed E-state index contributed by atoms with van der Waals surface area (Å²) in [5, 5.41) is 11.8. The Morgan fingerprint density at radius 1 is 1.21 bits per heavy atom. The Hall–Kier alpha value is -1.16. The number of hydrogen-bond acceptors (Lipinski definition) is 4. The summed E-state index contributed by atoms with van der Waals surface area (Å²) in [5.74, 6) is 0.877. The molecule has 1 aromatic heterocycles. The predicted octanol–water partition coefficient (Wildman–Crippen LogP) is 1.44. The summed E-state index contributed by atoms with van der Waals surface area (Å²) in [5.41, 5.74) is 0. The predicted molar refractivity (Wildman–Crippen MR) is 56.1 cm³/mol. The smallest absolute Gasteiger partial charge is 0.129 e. The van der Waals surface area contributed by atoms with Crippen LogP contribution in [0.4, 0.5) is 5.82 Å². The van der Waals surface area contributed by atoms with Crippen LogP contribution in [-0.4, -0.2) is 28.2 Å². The van der Waals surface area contributed by atoms with E-state index < -0.39 is 0 Å². The fraction of sp³-hybridized carbons (Fsp3) is 0.600. The van der Waals surface area contributed by atoms with E-state index in [0.29, 0.717) is 6.61 Å². The van der Waals surface area contributed by atoms with Gasteiger partial charge in [0, 0.05) is 19.3 Å². The molecule has 1 rings (SSSR count). The number of aliphatic hydroxyl groups excluding tert-OH is 1. The molecule has 0 aromatic carbocycles. The monoisotopic (exact) mass is 195 g/mol. The van der Waals surface area contributed by atoms with Gasteiger partial charge >= 0.3 is 0 Å². The van der Waals surface area contributed by atoms with Crippen LogP contribution in [0.2, 0.25) is 0 Å². The molecule has 78 valence electrons. The molecule has 0 unspecified atom stereocenters. The number of nitrogens with one attached hydrogen (secondary N) is 1. The van der Waals surface area contributed by atoms with Crippen molar-refractivity contribution in [3.63, 3.8) is 0 Å². The van der Waals surface area contributed by atoms with Crippen LogP contribution in [0.25, 0.3) is 0 Å². The molecule has 2 N–H and O–H groups in total. The van der Waals surface area contributed by atoms with E-state index in [2.05, 4.69) is 15.3 Å². The normalized spacial score (nSPS) is 10.1. The zero-order valence-corrected chi connectivity index (χ0v) is 8.32. The SMILES string of the molecule is OCCCCCCNc1ccncn1. The van der Waals surface area contributed by atoms with Crippen LogP contribution in [0.3, 0.4) is 0 Å². The molecule has 0 saturated carbocycles. The fourth-order valence-corrected chi connectivity index (χ4v) is 1.20. The number of unbranched alkanes of at least 4 members (excludes halogenated alkanes) is 3. The Kier molecular flexibility index (Phi) is 5.66. The zero-order chi connectivity index (χ0) is 10.1. The van der Waals surface area contributed by atoms with Crippen molar-refractivity contribution < 1.29 is 5.11 Å². The number of hydrogen-bond donors (Lipinski definition) is 2. The quantitative estimate of drug-likeness (QED) is 0.646. The fourth-order valence-electron chi connectivity index (χ4n) is 1.20. The van der Waals surface area contributed by atoms with E-state index in [9.17, 15) is 0 Å². The summed E-state index contributed by atoms with van der Waals surface area (Å²) in [6.07, 6.45) is 7.54. The van der Waals surface area contributed by atoms with Crippen molar-refractivity contribution in [2.75, 3.05) is 18.5 Å². The molecule has 0 aliphatic rings. The van der Waals surface area contributed by atoms with Gasteiger partial charge in [0.25, 0.3) is 0 Å².